The van der Waals surface area contributed by atoms with Crippen LogP contribution in [0.5, 0.6) is 5.75 Å². The molecule has 0 amide bonds. The number of hydrogen-bond acceptors (Lipinski definition) is 2. The first-order chi connectivity index (χ1) is 10.3. The summed E-state index contributed by atoms with van der Waals surface area (Å²) in [5.74, 6) is 3.36. The zero-order chi connectivity index (χ0) is 14.9. The second-order valence-corrected chi connectivity index (χ2v) is 4.85. The smallest absolute Gasteiger partial charge is 0.148 e. The average Bonchev–Trinajstić information content (AvgIpc) is 2.55. The molecule has 0 heterocycles. The molecule has 0 saturated carbocycles. The quantitative estimate of drug-likeness (QED) is 0.775. The van der Waals surface area contributed by atoms with Gasteiger partial charge in [0.25, 0.3) is 0 Å². The van der Waals surface area contributed by atoms with Crippen molar-refractivity contribution in [1.82, 2.24) is 5.32 Å². The maximum Gasteiger partial charge on any atom is 0.148 e. The Morgan fingerprint density at radius 3 is 2.52 bits per heavy atom. The van der Waals surface area contributed by atoms with Crippen LogP contribution in [0.15, 0.2) is 54.6 Å². The van der Waals surface area contributed by atoms with E-state index in [4.69, 9.17) is 11.2 Å². The fourth-order valence-electron chi connectivity index (χ4n) is 2.33. The zero-order valence-electron chi connectivity index (χ0n) is 12.4. The number of para-hydroxylation sites is 1. The highest BCUT2D eigenvalue weighted by atomic mass is 16.5. The zero-order valence-corrected chi connectivity index (χ0v) is 12.4. The van der Waals surface area contributed by atoms with E-state index in [1.165, 1.54) is 5.56 Å². The maximum atomic E-state index is 5.58. The molecule has 1 atom stereocenters. The normalized spacial score (nSPS) is 11.6. The molecule has 0 saturated heterocycles. The molecule has 108 valence electrons. The molecule has 0 bridgehead atoms. The van der Waals surface area contributed by atoms with Crippen LogP contribution in [0.3, 0.4) is 0 Å². The van der Waals surface area contributed by atoms with Crippen LogP contribution < -0.4 is 10.1 Å². The van der Waals surface area contributed by atoms with Crippen LogP contribution in [0, 0.1) is 12.3 Å². The highest BCUT2D eigenvalue weighted by molar-refractivity contribution is 5.33. The summed E-state index contributed by atoms with van der Waals surface area (Å²) in [6.45, 7) is 3.24. The SMILES string of the molecule is C#CCOc1ccccc1CNC(CC)c1ccccc1. The Morgan fingerprint density at radius 1 is 1.10 bits per heavy atom. The van der Waals surface area contributed by atoms with Gasteiger partial charge in [-0.15, -0.1) is 6.42 Å². The van der Waals surface area contributed by atoms with Crippen molar-refractivity contribution in [1.29, 1.82) is 0 Å². The first kappa shape index (κ1) is 15.2. The Balaban J connectivity index is 2.03. The highest BCUT2D eigenvalue weighted by Gasteiger charge is 2.09. The molecule has 2 aromatic carbocycles. The minimum atomic E-state index is 0.299. The second kappa shape index (κ2) is 8.14. The van der Waals surface area contributed by atoms with E-state index in [1.807, 2.05) is 24.3 Å². The molecule has 0 spiro atoms. The fourth-order valence-corrected chi connectivity index (χ4v) is 2.33. The van der Waals surface area contributed by atoms with Crippen molar-refractivity contribution in [3.8, 4) is 18.1 Å². The standard InChI is InChI=1S/C19H21NO/c1-3-14-21-19-13-9-8-12-17(19)15-20-18(4-2)16-10-6-5-7-11-16/h1,5-13,18,20H,4,14-15H2,2H3. The van der Waals surface area contributed by atoms with Gasteiger partial charge in [-0.3, -0.25) is 0 Å². The van der Waals surface area contributed by atoms with E-state index in [0.29, 0.717) is 12.6 Å². The number of ether oxygens (including phenoxy) is 1. The van der Waals surface area contributed by atoms with Crippen molar-refractivity contribution in [3.63, 3.8) is 0 Å². The molecular formula is C19H21NO. The van der Waals surface area contributed by atoms with Crippen molar-refractivity contribution >= 4 is 0 Å². The van der Waals surface area contributed by atoms with Gasteiger partial charge in [0, 0.05) is 18.2 Å². The van der Waals surface area contributed by atoms with Gasteiger partial charge < -0.3 is 10.1 Å². The molecule has 2 rings (SSSR count). The summed E-state index contributed by atoms with van der Waals surface area (Å²) < 4.78 is 5.58. The molecule has 2 heteroatoms. The molecule has 2 aromatic rings. The van der Waals surface area contributed by atoms with E-state index in [9.17, 15) is 0 Å². The predicted octanol–water partition coefficient (Wildman–Crippen LogP) is 3.94. The molecule has 0 aromatic heterocycles. The number of rotatable bonds is 7. The Labute approximate surface area is 127 Å². The van der Waals surface area contributed by atoms with Gasteiger partial charge in [0.05, 0.1) is 0 Å². The van der Waals surface area contributed by atoms with Crippen LogP contribution in [0.4, 0.5) is 0 Å². The average molecular weight is 279 g/mol. The van der Waals surface area contributed by atoms with Gasteiger partial charge in [0.1, 0.15) is 12.4 Å². The first-order valence-corrected chi connectivity index (χ1v) is 7.27. The van der Waals surface area contributed by atoms with E-state index >= 15 is 0 Å². The molecule has 0 radical (unpaired) electrons. The summed E-state index contributed by atoms with van der Waals surface area (Å²) in [5.41, 5.74) is 2.43. The lowest BCUT2D eigenvalue weighted by Crippen LogP contribution is -2.20. The fraction of sp³-hybridized carbons (Fsp3) is 0.263. The van der Waals surface area contributed by atoms with Crippen LogP contribution in [0.25, 0.3) is 0 Å². The minimum Gasteiger partial charge on any atom is -0.481 e. The van der Waals surface area contributed by atoms with Gasteiger partial charge in [-0.2, -0.15) is 0 Å². The lowest BCUT2D eigenvalue weighted by atomic mass is 10.0. The van der Waals surface area contributed by atoms with Gasteiger partial charge in [-0.25, -0.2) is 0 Å². The van der Waals surface area contributed by atoms with Crippen LogP contribution in [-0.4, -0.2) is 6.61 Å². The summed E-state index contributed by atoms with van der Waals surface area (Å²) >= 11 is 0. The van der Waals surface area contributed by atoms with Crippen LogP contribution in [0.2, 0.25) is 0 Å². The molecule has 1 unspecified atom stereocenters. The van der Waals surface area contributed by atoms with E-state index in [-0.39, 0.29) is 0 Å². The Hall–Kier alpha value is -2.24. The third kappa shape index (κ3) is 4.37. The number of hydrogen-bond donors (Lipinski definition) is 1. The molecule has 21 heavy (non-hydrogen) atoms. The number of terminal acetylenes is 1. The second-order valence-electron chi connectivity index (χ2n) is 4.85. The largest absolute Gasteiger partial charge is 0.481 e. The van der Waals surface area contributed by atoms with Crippen molar-refractivity contribution in [2.75, 3.05) is 6.61 Å². The van der Waals surface area contributed by atoms with Gasteiger partial charge >= 0.3 is 0 Å². The number of benzene rings is 2. The Morgan fingerprint density at radius 2 is 1.81 bits per heavy atom. The van der Waals surface area contributed by atoms with E-state index < -0.39 is 0 Å². The summed E-state index contributed by atoms with van der Waals surface area (Å²) in [4.78, 5) is 0. The van der Waals surface area contributed by atoms with Crippen molar-refractivity contribution < 1.29 is 4.74 Å². The minimum absolute atomic E-state index is 0.299. The molecule has 1 N–H and O–H groups in total. The third-order valence-electron chi connectivity index (χ3n) is 3.43. The third-order valence-corrected chi connectivity index (χ3v) is 3.43. The van der Waals surface area contributed by atoms with Gasteiger partial charge in [-0.05, 0) is 18.1 Å². The Bertz CT molecular complexity index is 586. The lowest BCUT2D eigenvalue weighted by molar-refractivity contribution is 0.363. The molecule has 0 aliphatic heterocycles. The summed E-state index contributed by atoms with van der Waals surface area (Å²) in [7, 11) is 0. The van der Waals surface area contributed by atoms with E-state index in [1.54, 1.807) is 0 Å². The molecule has 2 nitrogen and oxygen atoms in total. The molecule has 0 aliphatic carbocycles. The highest BCUT2D eigenvalue weighted by Crippen LogP contribution is 2.21. The monoisotopic (exact) mass is 279 g/mol. The van der Waals surface area contributed by atoms with Gasteiger partial charge in [0.15, 0.2) is 0 Å². The van der Waals surface area contributed by atoms with Gasteiger partial charge in [0.2, 0.25) is 0 Å². The maximum absolute atomic E-state index is 5.58. The summed E-state index contributed by atoms with van der Waals surface area (Å²) in [6, 6.07) is 18.8. The summed E-state index contributed by atoms with van der Waals surface area (Å²) in [5, 5.41) is 3.59. The Kier molecular flexibility index (Phi) is 5.87. The van der Waals surface area contributed by atoms with Crippen LogP contribution in [-0.2, 0) is 6.54 Å². The predicted molar refractivity (Wildman–Crippen MR) is 87.1 cm³/mol. The first-order valence-electron chi connectivity index (χ1n) is 7.27. The molecule has 0 fully saturated rings. The van der Waals surface area contributed by atoms with Gasteiger partial charge in [-0.1, -0.05) is 61.4 Å². The van der Waals surface area contributed by atoms with Crippen LogP contribution >= 0.6 is 0 Å². The topological polar surface area (TPSA) is 21.3 Å². The summed E-state index contributed by atoms with van der Waals surface area (Å²) in [6.07, 6.45) is 6.29. The lowest BCUT2D eigenvalue weighted by Gasteiger charge is -2.18. The molecule has 0 aliphatic rings. The van der Waals surface area contributed by atoms with Crippen molar-refractivity contribution in [2.45, 2.75) is 25.9 Å². The van der Waals surface area contributed by atoms with Crippen molar-refractivity contribution in [3.05, 3.63) is 65.7 Å². The van der Waals surface area contributed by atoms with Crippen molar-refractivity contribution in [2.24, 2.45) is 0 Å². The van der Waals surface area contributed by atoms with E-state index in [0.717, 1.165) is 24.3 Å². The van der Waals surface area contributed by atoms with E-state index in [2.05, 4.69) is 48.5 Å². The van der Waals surface area contributed by atoms with Crippen LogP contribution in [0.1, 0.15) is 30.5 Å². The number of nitrogens with one attached hydrogen (secondary N) is 1. The molecular weight excluding hydrogens is 258 g/mol.